The van der Waals surface area contributed by atoms with Crippen molar-refractivity contribution in [2.24, 2.45) is 16.3 Å². The van der Waals surface area contributed by atoms with Crippen molar-refractivity contribution in [3.63, 3.8) is 0 Å². The number of nitrogens with zero attached hydrogens (tertiary/aromatic N) is 1. The Hall–Kier alpha value is -0.800. The van der Waals surface area contributed by atoms with E-state index in [1.54, 1.807) is 13.4 Å². The molecule has 0 spiro atoms. The lowest BCUT2D eigenvalue weighted by Gasteiger charge is -2.23. The Balaban J connectivity index is 0.00000338. The van der Waals surface area contributed by atoms with E-state index in [9.17, 15) is 0 Å². The number of hydrogen-bond donors (Lipinski definition) is 2. The van der Waals surface area contributed by atoms with Gasteiger partial charge in [0, 0.05) is 52.3 Å². The van der Waals surface area contributed by atoms with Gasteiger partial charge in [-0.05, 0) is 30.4 Å². The van der Waals surface area contributed by atoms with Crippen molar-refractivity contribution in [1.82, 2.24) is 10.6 Å². The average Bonchev–Trinajstić information content (AvgIpc) is 3.28. The quantitative estimate of drug-likeness (QED) is 0.307. The number of furan rings is 1. The van der Waals surface area contributed by atoms with Crippen LogP contribution in [0.25, 0.3) is 0 Å². The van der Waals surface area contributed by atoms with Crippen molar-refractivity contribution in [1.29, 1.82) is 0 Å². The van der Waals surface area contributed by atoms with Gasteiger partial charge in [0.1, 0.15) is 5.76 Å². The number of hydrogen-bond acceptors (Lipinski definition) is 4. The molecular weight excluding hydrogens is 445 g/mol. The molecule has 150 valence electrons. The third-order valence-electron chi connectivity index (χ3n) is 4.47. The SMILES string of the molecule is COCCC(C)(C)CN=C(NCCc1ccco1)NCC1CCOC1.I. The molecule has 0 amide bonds. The first-order chi connectivity index (χ1) is 12.1. The minimum Gasteiger partial charge on any atom is -0.469 e. The predicted octanol–water partition coefficient (Wildman–Crippen LogP) is 3.07. The molecule has 1 unspecified atom stereocenters. The molecule has 7 heteroatoms. The lowest BCUT2D eigenvalue weighted by Crippen LogP contribution is -2.41. The lowest BCUT2D eigenvalue weighted by molar-refractivity contribution is 0.155. The van der Waals surface area contributed by atoms with Crippen LogP contribution in [-0.2, 0) is 15.9 Å². The highest BCUT2D eigenvalue weighted by molar-refractivity contribution is 14.0. The maximum absolute atomic E-state index is 5.45. The fraction of sp³-hybridized carbons (Fsp3) is 0.737. The zero-order valence-electron chi connectivity index (χ0n) is 16.3. The minimum absolute atomic E-state index is 0. The van der Waals surface area contributed by atoms with Crippen LogP contribution in [0.1, 0.15) is 32.4 Å². The summed E-state index contributed by atoms with van der Waals surface area (Å²) in [5, 5.41) is 6.88. The summed E-state index contributed by atoms with van der Waals surface area (Å²) in [6.07, 6.45) is 4.66. The van der Waals surface area contributed by atoms with Gasteiger partial charge < -0.3 is 24.5 Å². The van der Waals surface area contributed by atoms with Crippen LogP contribution in [-0.4, -0.2) is 52.5 Å². The third-order valence-corrected chi connectivity index (χ3v) is 4.47. The van der Waals surface area contributed by atoms with E-state index in [1.165, 1.54) is 0 Å². The van der Waals surface area contributed by atoms with E-state index < -0.39 is 0 Å². The van der Waals surface area contributed by atoms with Crippen molar-refractivity contribution in [3.8, 4) is 0 Å². The number of ether oxygens (including phenoxy) is 2. The van der Waals surface area contributed by atoms with Crippen LogP contribution in [0.4, 0.5) is 0 Å². The minimum atomic E-state index is 0. The Morgan fingerprint density at radius 3 is 2.88 bits per heavy atom. The van der Waals surface area contributed by atoms with Gasteiger partial charge in [-0.15, -0.1) is 24.0 Å². The highest BCUT2D eigenvalue weighted by Gasteiger charge is 2.19. The van der Waals surface area contributed by atoms with Gasteiger partial charge in [0.2, 0.25) is 0 Å². The first-order valence-corrected chi connectivity index (χ1v) is 9.20. The maximum Gasteiger partial charge on any atom is 0.191 e. The molecule has 1 aliphatic rings. The van der Waals surface area contributed by atoms with E-state index in [0.29, 0.717) is 5.92 Å². The monoisotopic (exact) mass is 479 g/mol. The Kier molecular flexibility index (Phi) is 11.2. The van der Waals surface area contributed by atoms with Crippen LogP contribution in [0.15, 0.2) is 27.8 Å². The Bertz CT molecular complexity index is 500. The standard InChI is InChI=1S/C19H33N3O3.HI/c1-19(2,8-12-23-3)15-22-18(21-13-16-7-11-24-14-16)20-9-6-17-5-4-10-25-17;/h4-5,10,16H,6-9,11-15H2,1-3H3,(H2,20,21,22);1H. The van der Waals surface area contributed by atoms with E-state index in [-0.39, 0.29) is 29.4 Å². The van der Waals surface area contributed by atoms with E-state index in [4.69, 9.17) is 18.9 Å². The van der Waals surface area contributed by atoms with Crippen molar-refractivity contribution in [2.45, 2.75) is 33.1 Å². The molecule has 1 saturated heterocycles. The van der Waals surface area contributed by atoms with Crippen molar-refractivity contribution < 1.29 is 13.9 Å². The van der Waals surface area contributed by atoms with E-state index >= 15 is 0 Å². The fourth-order valence-corrected chi connectivity index (χ4v) is 2.67. The highest BCUT2D eigenvalue weighted by Crippen LogP contribution is 2.20. The van der Waals surface area contributed by atoms with Crippen LogP contribution in [0.3, 0.4) is 0 Å². The first-order valence-electron chi connectivity index (χ1n) is 9.20. The molecule has 0 saturated carbocycles. The molecule has 2 heterocycles. The second kappa shape index (κ2) is 12.6. The van der Waals surface area contributed by atoms with Crippen molar-refractivity contribution in [3.05, 3.63) is 24.2 Å². The average molecular weight is 479 g/mol. The largest absolute Gasteiger partial charge is 0.469 e. The molecule has 6 nitrogen and oxygen atoms in total. The summed E-state index contributed by atoms with van der Waals surface area (Å²) in [5.74, 6) is 2.42. The highest BCUT2D eigenvalue weighted by atomic mass is 127. The molecule has 2 rings (SSSR count). The number of guanidine groups is 1. The lowest BCUT2D eigenvalue weighted by atomic mass is 9.90. The van der Waals surface area contributed by atoms with Crippen LogP contribution in [0, 0.1) is 11.3 Å². The molecule has 1 aromatic rings. The Morgan fingerprint density at radius 2 is 2.23 bits per heavy atom. The summed E-state index contributed by atoms with van der Waals surface area (Å²) >= 11 is 0. The molecule has 2 N–H and O–H groups in total. The number of halogens is 1. The van der Waals surface area contributed by atoms with Crippen LogP contribution < -0.4 is 10.6 Å². The molecule has 1 fully saturated rings. The van der Waals surface area contributed by atoms with E-state index in [2.05, 4.69) is 24.5 Å². The number of rotatable bonds is 10. The number of aliphatic imine (C=N–C) groups is 1. The molecule has 0 aromatic carbocycles. The Labute approximate surface area is 174 Å². The van der Waals surface area contributed by atoms with Crippen LogP contribution in [0.2, 0.25) is 0 Å². The van der Waals surface area contributed by atoms with Crippen LogP contribution >= 0.6 is 24.0 Å². The summed E-state index contributed by atoms with van der Waals surface area (Å²) in [6, 6.07) is 3.91. The van der Waals surface area contributed by atoms with Gasteiger partial charge in [0.05, 0.1) is 12.9 Å². The zero-order chi connectivity index (χ0) is 18.0. The van der Waals surface area contributed by atoms with Gasteiger partial charge in [0.25, 0.3) is 0 Å². The molecular formula is C19H34IN3O3. The molecule has 0 radical (unpaired) electrons. The van der Waals surface area contributed by atoms with Gasteiger partial charge in [0.15, 0.2) is 5.96 Å². The van der Waals surface area contributed by atoms with E-state index in [0.717, 1.165) is 70.4 Å². The molecule has 0 bridgehead atoms. The fourth-order valence-electron chi connectivity index (χ4n) is 2.67. The first kappa shape index (κ1) is 23.2. The van der Waals surface area contributed by atoms with Gasteiger partial charge in [-0.1, -0.05) is 13.8 Å². The van der Waals surface area contributed by atoms with Crippen LogP contribution in [0.5, 0.6) is 0 Å². The number of nitrogens with one attached hydrogen (secondary N) is 2. The number of methoxy groups -OCH3 is 1. The second-order valence-electron chi connectivity index (χ2n) is 7.44. The zero-order valence-corrected chi connectivity index (χ0v) is 18.6. The van der Waals surface area contributed by atoms with Crippen molar-refractivity contribution >= 4 is 29.9 Å². The third kappa shape index (κ3) is 9.23. The Morgan fingerprint density at radius 1 is 1.38 bits per heavy atom. The predicted molar refractivity (Wildman–Crippen MR) is 115 cm³/mol. The second-order valence-corrected chi connectivity index (χ2v) is 7.44. The summed E-state index contributed by atoms with van der Waals surface area (Å²) in [7, 11) is 1.74. The van der Waals surface area contributed by atoms with Gasteiger partial charge in [-0.2, -0.15) is 0 Å². The summed E-state index contributed by atoms with van der Waals surface area (Å²) in [6.45, 7) is 9.36. The normalized spacial score (nSPS) is 17.8. The van der Waals surface area contributed by atoms with Gasteiger partial charge in [-0.25, -0.2) is 0 Å². The van der Waals surface area contributed by atoms with E-state index in [1.807, 2.05) is 12.1 Å². The summed E-state index contributed by atoms with van der Waals surface area (Å²) in [4.78, 5) is 4.80. The summed E-state index contributed by atoms with van der Waals surface area (Å²) in [5.41, 5.74) is 0.113. The molecule has 0 aliphatic carbocycles. The smallest absolute Gasteiger partial charge is 0.191 e. The van der Waals surface area contributed by atoms with Gasteiger partial charge >= 0.3 is 0 Å². The van der Waals surface area contributed by atoms with Crippen molar-refractivity contribution in [2.75, 3.05) is 46.6 Å². The molecule has 1 aliphatic heterocycles. The van der Waals surface area contributed by atoms with Gasteiger partial charge in [-0.3, -0.25) is 4.99 Å². The molecule has 1 atom stereocenters. The summed E-state index contributed by atoms with van der Waals surface area (Å²) < 4.78 is 16.0. The molecule has 26 heavy (non-hydrogen) atoms. The maximum atomic E-state index is 5.45. The topological polar surface area (TPSA) is 68.0 Å². The molecule has 1 aromatic heterocycles.